The third kappa shape index (κ3) is 5.45. The first-order chi connectivity index (χ1) is 19.4. The Bertz CT molecular complexity index is 1400. The highest BCUT2D eigenvalue weighted by atomic mass is 32.2. The van der Waals surface area contributed by atoms with Crippen LogP contribution in [0.15, 0.2) is 82.6 Å². The summed E-state index contributed by atoms with van der Waals surface area (Å²) in [6.07, 6.45) is 11.4. The van der Waals surface area contributed by atoms with Crippen molar-refractivity contribution in [1.29, 1.82) is 0 Å². The van der Waals surface area contributed by atoms with Crippen LogP contribution in [0.25, 0.3) is 0 Å². The second kappa shape index (κ2) is 11.4. The third-order valence-electron chi connectivity index (χ3n) is 8.59. The molecule has 0 spiro atoms. The van der Waals surface area contributed by atoms with Crippen molar-refractivity contribution < 1.29 is 8.42 Å². The van der Waals surface area contributed by atoms with E-state index in [2.05, 4.69) is 62.7 Å². The van der Waals surface area contributed by atoms with Gasteiger partial charge in [-0.1, -0.05) is 30.3 Å². The normalized spacial score (nSPS) is 25.0. The van der Waals surface area contributed by atoms with Gasteiger partial charge in [0.15, 0.2) is 0 Å². The number of amidine groups is 1. The van der Waals surface area contributed by atoms with Gasteiger partial charge in [0.25, 0.3) is 0 Å². The molecule has 212 valence electrons. The Morgan fingerprint density at radius 2 is 1.88 bits per heavy atom. The SMILES string of the molecule is CN1CCN(C2=CC=CC3=NC(CN(C)[C@H]4CCCc5cccnc54)C(CNS(=O)(=O)c4ccccc4)N23)CC1. The van der Waals surface area contributed by atoms with E-state index in [1.54, 1.807) is 24.3 Å². The number of allylic oxidation sites excluding steroid dienone is 2. The van der Waals surface area contributed by atoms with E-state index in [0.29, 0.717) is 6.54 Å². The molecule has 1 aliphatic carbocycles. The minimum atomic E-state index is -3.66. The number of benzene rings is 1. The molecule has 10 heteroatoms. The van der Waals surface area contributed by atoms with Crippen LogP contribution in [0, 0.1) is 0 Å². The minimum Gasteiger partial charge on any atom is -0.355 e. The fraction of sp³-hybridized carbons (Fsp3) is 0.467. The number of hydrogen-bond acceptors (Lipinski definition) is 8. The molecule has 1 fully saturated rings. The van der Waals surface area contributed by atoms with Crippen LogP contribution in [0.1, 0.15) is 30.1 Å². The molecule has 0 bridgehead atoms. The van der Waals surface area contributed by atoms with Gasteiger partial charge in [-0.2, -0.15) is 0 Å². The zero-order valence-corrected chi connectivity index (χ0v) is 24.2. The van der Waals surface area contributed by atoms with Gasteiger partial charge < -0.3 is 14.7 Å². The summed E-state index contributed by atoms with van der Waals surface area (Å²) in [6, 6.07) is 12.8. The molecule has 4 heterocycles. The summed E-state index contributed by atoms with van der Waals surface area (Å²) in [4.78, 5) is 19.6. The van der Waals surface area contributed by atoms with Crippen LogP contribution in [-0.4, -0.2) is 104 Å². The zero-order valence-electron chi connectivity index (χ0n) is 23.4. The highest BCUT2D eigenvalue weighted by Crippen LogP contribution is 2.34. The Balaban J connectivity index is 1.27. The van der Waals surface area contributed by atoms with Gasteiger partial charge in [-0.05, 0) is 69.3 Å². The molecule has 3 atom stereocenters. The highest BCUT2D eigenvalue weighted by molar-refractivity contribution is 7.89. The number of nitrogens with one attached hydrogen (secondary N) is 1. The lowest BCUT2D eigenvalue weighted by molar-refractivity contribution is 0.141. The van der Waals surface area contributed by atoms with E-state index in [1.807, 2.05) is 18.3 Å². The molecule has 0 saturated carbocycles. The minimum absolute atomic E-state index is 0.105. The maximum absolute atomic E-state index is 13.3. The average molecular weight is 562 g/mol. The molecule has 0 amide bonds. The largest absolute Gasteiger partial charge is 0.355 e. The second-order valence-electron chi connectivity index (χ2n) is 11.2. The van der Waals surface area contributed by atoms with Gasteiger partial charge in [0, 0.05) is 45.5 Å². The molecule has 3 aliphatic heterocycles. The number of aromatic nitrogens is 1. The van der Waals surface area contributed by atoms with Crippen molar-refractivity contribution in [3.8, 4) is 0 Å². The molecule has 4 aliphatic rings. The summed E-state index contributed by atoms with van der Waals surface area (Å²) >= 11 is 0. The van der Waals surface area contributed by atoms with Crippen molar-refractivity contribution >= 4 is 15.9 Å². The number of sulfonamides is 1. The van der Waals surface area contributed by atoms with Gasteiger partial charge in [-0.3, -0.25) is 14.9 Å². The van der Waals surface area contributed by atoms with Crippen molar-refractivity contribution in [1.82, 2.24) is 29.3 Å². The summed E-state index contributed by atoms with van der Waals surface area (Å²) in [7, 11) is 0.654. The first-order valence-corrected chi connectivity index (χ1v) is 15.8. The summed E-state index contributed by atoms with van der Waals surface area (Å²) in [5, 5.41) is 0. The van der Waals surface area contributed by atoms with E-state index in [1.165, 1.54) is 11.3 Å². The number of hydrogen-bond donors (Lipinski definition) is 1. The standard InChI is InChI=1S/C30H39N7O2S/c1-34-17-19-36(20-18-34)29-15-7-14-28-33-25(22-35(2)26-13-6-9-23-10-8-16-31-30(23)26)27(37(28)29)21-32-40(38,39)24-11-4-3-5-12-24/h3-5,7-8,10-12,14-16,25-27,32H,6,9,13,17-22H2,1-2H3/t25?,26-,27?/m0/s1. The summed E-state index contributed by atoms with van der Waals surface area (Å²) < 4.78 is 29.4. The van der Waals surface area contributed by atoms with E-state index in [-0.39, 0.29) is 29.6 Å². The lowest BCUT2D eigenvalue weighted by Crippen LogP contribution is -2.54. The van der Waals surface area contributed by atoms with E-state index in [9.17, 15) is 8.42 Å². The number of fused-ring (bicyclic) bond motifs is 2. The highest BCUT2D eigenvalue weighted by Gasteiger charge is 2.41. The number of rotatable bonds is 8. The van der Waals surface area contributed by atoms with E-state index >= 15 is 0 Å². The van der Waals surface area contributed by atoms with Crippen molar-refractivity contribution in [3.05, 3.63) is 84.0 Å². The van der Waals surface area contributed by atoms with Gasteiger partial charge in [0.05, 0.1) is 28.7 Å². The monoisotopic (exact) mass is 561 g/mol. The lowest BCUT2D eigenvalue weighted by Gasteiger charge is -2.42. The van der Waals surface area contributed by atoms with Crippen LogP contribution in [-0.2, 0) is 16.4 Å². The smallest absolute Gasteiger partial charge is 0.240 e. The molecule has 2 unspecified atom stereocenters. The van der Waals surface area contributed by atoms with Gasteiger partial charge in [-0.25, -0.2) is 13.1 Å². The number of piperazine rings is 1. The van der Waals surface area contributed by atoms with Gasteiger partial charge >= 0.3 is 0 Å². The Labute approximate surface area is 237 Å². The molecule has 40 heavy (non-hydrogen) atoms. The first-order valence-electron chi connectivity index (χ1n) is 14.3. The Morgan fingerprint density at radius 3 is 2.67 bits per heavy atom. The van der Waals surface area contributed by atoms with Crippen LogP contribution in [0.2, 0.25) is 0 Å². The van der Waals surface area contributed by atoms with Crippen molar-refractivity contribution in [2.75, 3.05) is 53.4 Å². The Kier molecular flexibility index (Phi) is 7.76. The van der Waals surface area contributed by atoms with Gasteiger partial charge in [-0.15, -0.1) is 0 Å². The maximum Gasteiger partial charge on any atom is 0.240 e. The number of nitrogens with zero attached hydrogens (tertiary/aromatic N) is 6. The molecule has 1 aromatic carbocycles. The van der Waals surface area contributed by atoms with Crippen LogP contribution in [0.3, 0.4) is 0 Å². The predicted molar refractivity (Wildman–Crippen MR) is 157 cm³/mol. The summed E-state index contributed by atoms with van der Waals surface area (Å²) in [6.45, 7) is 4.82. The van der Waals surface area contributed by atoms with Crippen LogP contribution < -0.4 is 4.72 Å². The number of aryl methyl sites for hydroxylation is 1. The molecular weight excluding hydrogens is 522 g/mol. The fourth-order valence-electron chi connectivity index (χ4n) is 6.37. The maximum atomic E-state index is 13.3. The number of aliphatic imine (C=N–C) groups is 1. The lowest BCUT2D eigenvalue weighted by atomic mass is 9.90. The number of pyridine rings is 1. The third-order valence-corrected chi connectivity index (χ3v) is 10.0. The van der Waals surface area contributed by atoms with Crippen LogP contribution >= 0.6 is 0 Å². The molecule has 2 aromatic rings. The van der Waals surface area contributed by atoms with Gasteiger partial charge in [0.2, 0.25) is 10.0 Å². The van der Waals surface area contributed by atoms with E-state index in [4.69, 9.17) is 9.98 Å². The molecule has 0 radical (unpaired) electrons. The summed E-state index contributed by atoms with van der Waals surface area (Å²) in [5.41, 5.74) is 2.50. The van der Waals surface area contributed by atoms with Gasteiger partial charge in [0.1, 0.15) is 11.7 Å². The van der Waals surface area contributed by atoms with Crippen molar-refractivity contribution in [2.45, 2.75) is 42.3 Å². The van der Waals surface area contributed by atoms with E-state index < -0.39 is 10.0 Å². The van der Waals surface area contributed by atoms with E-state index in [0.717, 1.165) is 57.1 Å². The fourth-order valence-corrected chi connectivity index (χ4v) is 7.44. The zero-order chi connectivity index (χ0) is 27.7. The topological polar surface area (TPSA) is 84.4 Å². The summed E-state index contributed by atoms with van der Waals surface area (Å²) in [5.74, 6) is 2.01. The number of likely N-dealkylation sites (N-methyl/N-ethyl adjacent to an activating group) is 2. The predicted octanol–water partition coefficient (Wildman–Crippen LogP) is 2.48. The average Bonchev–Trinajstić information content (AvgIpc) is 3.33. The van der Waals surface area contributed by atoms with Crippen molar-refractivity contribution in [2.24, 2.45) is 4.99 Å². The molecule has 1 N–H and O–H groups in total. The second-order valence-corrected chi connectivity index (χ2v) is 13.0. The quantitative estimate of drug-likeness (QED) is 0.530. The first kappa shape index (κ1) is 27.1. The molecule has 9 nitrogen and oxygen atoms in total. The molecule has 1 saturated heterocycles. The van der Waals surface area contributed by atoms with Crippen LogP contribution in [0.4, 0.5) is 0 Å². The Hall–Kier alpha value is -3.05. The molecule has 6 rings (SSSR count). The van der Waals surface area contributed by atoms with Crippen molar-refractivity contribution in [3.63, 3.8) is 0 Å². The van der Waals surface area contributed by atoms with Crippen LogP contribution in [0.5, 0.6) is 0 Å². The Morgan fingerprint density at radius 1 is 1.07 bits per heavy atom. The molecule has 1 aromatic heterocycles. The molecular formula is C30H39N7O2S.